The quantitative estimate of drug-likeness (QED) is 0.260. The SMILES string of the molecule is CCc1cc(Nc2nccn3c(-c4ccc(OC(F)F)c(F)c4F)cnc23)ccc1C(=O)NCC1CCNC1. The molecule has 0 aliphatic carbocycles. The van der Waals surface area contributed by atoms with Gasteiger partial charge in [0.1, 0.15) is 0 Å². The number of carbonyl (C=O) groups excluding carboxylic acids is 1. The largest absolute Gasteiger partial charge is 0.432 e. The van der Waals surface area contributed by atoms with Crippen molar-refractivity contribution in [1.82, 2.24) is 25.0 Å². The molecule has 1 saturated heterocycles. The highest BCUT2D eigenvalue weighted by Crippen LogP contribution is 2.32. The molecule has 12 heteroatoms. The number of aryl methyl sites for hydroxylation is 1. The summed E-state index contributed by atoms with van der Waals surface area (Å²) in [5, 5.41) is 9.49. The third-order valence-electron chi connectivity index (χ3n) is 6.67. The number of imidazole rings is 1. The van der Waals surface area contributed by atoms with Crippen molar-refractivity contribution in [2.24, 2.45) is 5.92 Å². The van der Waals surface area contributed by atoms with Crippen molar-refractivity contribution in [1.29, 1.82) is 0 Å². The molecule has 1 unspecified atom stereocenters. The Morgan fingerprint density at radius 2 is 2.05 bits per heavy atom. The molecule has 1 aliphatic rings. The number of ether oxygens (including phenoxy) is 1. The summed E-state index contributed by atoms with van der Waals surface area (Å²) in [5.74, 6) is -3.10. The molecule has 3 heterocycles. The molecule has 204 valence electrons. The zero-order valence-corrected chi connectivity index (χ0v) is 21.0. The van der Waals surface area contributed by atoms with Crippen molar-refractivity contribution >= 4 is 23.1 Å². The van der Waals surface area contributed by atoms with Gasteiger partial charge in [0.25, 0.3) is 5.91 Å². The first-order valence-electron chi connectivity index (χ1n) is 12.5. The van der Waals surface area contributed by atoms with E-state index in [1.807, 2.05) is 13.0 Å². The molecule has 39 heavy (non-hydrogen) atoms. The van der Waals surface area contributed by atoms with Gasteiger partial charge < -0.3 is 20.7 Å². The minimum atomic E-state index is -3.29. The number of amides is 1. The van der Waals surface area contributed by atoms with Gasteiger partial charge in [0.15, 0.2) is 23.0 Å². The zero-order chi connectivity index (χ0) is 27.5. The minimum absolute atomic E-state index is 0.123. The van der Waals surface area contributed by atoms with Crippen LogP contribution in [0.15, 0.2) is 48.9 Å². The molecular weight excluding hydrogens is 516 g/mol. The van der Waals surface area contributed by atoms with Crippen molar-refractivity contribution in [3.8, 4) is 17.0 Å². The number of aromatic nitrogens is 3. The first-order valence-corrected chi connectivity index (χ1v) is 12.5. The number of nitrogens with zero attached hydrogens (tertiary/aromatic N) is 3. The fraction of sp³-hybridized carbons (Fsp3) is 0.296. The second-order valence-corrected chi connectivity index (χ2v) is 9.15. The highest BCUT2D eigenvalue weighted by atomic mass is 19.3. The summed E-state index contributed by atoms with van der Waals surface area (Å²) >= 11 is 0. The minimum Gasteiger partial charge on any atom is -0.432 e. The predicted molar refractivity (Wildman–Crippen MR) is 137 cm³/mol. The van der Waals surface area contributed by atoms with Crippen LogP contribution in [0.25, 0.3) is 16.9 Å². The molecule has 1 atom stereocenters. The van der Waals surface area contributed by atoms with Crippen LogP contribution in [0, 0.1) is 17.6 Å². The average molecular weight is 543 g/mol. The Morgan fingerprint density at radius 1 is 1.21 bits per heavy atom. The Balaban J connectivity index is 1.39. The third-order valence-corrected chi connectivity index (χ3v) is 6.67. The van der Waals surface area contributed by atoms with Gasteiger partial charge in [0.05, 0.1) is 11.9 Å². The lowest BCUT2D eigenvalue weighted by Gasteiger charge is -2.14. The molecule has 4 aromatic rings. The van der Waals surface area contributed by atoms with Gasteiger partial charge in [0, 0.05) is 35.8 Å². The van der Waals surface area contributed by atoms with Gasteiger partial charge in [0.2, 0.25) is 5.82 Å². The normalized spacial score (nSPS) is 15.2. The first kappa shape index (κ1) is 26.4. The molecule has 2 aromatic carbocycles. The predicted octanol–water partition coefficient (Wildman–Crippen LogP) is 4.92. The van der Waals surface area contributed by atoms with Crippen molar-refractivity contribution in [3.05, 3.63) is 71.7 Å². The van der Waals surface area contributed by atoms with E-state index in [2.05, 4.69) is 30.7 Å². The van der Waals surface area contributed by atoms with Crippen molar-refractivity contribution < 1.29 is 27.1 Å². The number of anilines is 2. The van der Waals surface area contributed by atoms with E-state index in [0.29, 0.717) is 41.6 Å². The lowest BCUT2D eigenvalue weighted by Crippen LogP contribution is -2.30. The Bertz CT molecular complexity index is 1500. The average Bonchev–Trinajstić information content (AvgIpc) is 3.61. The van der Waals surface area contributed by atoms with Crippen molar-refractivity contribution in [3.63, 3.8) is 0 Å². The van der Waals surface area contributed by atoms with Gasteiger partial charge in [-0.15, -0.1) is 0 Å². The van der Waals surface area contributed by atoms with E-state index in [9.17, 15) is 22.4 Å². The van der Waals surface area contributed by atoms with Gasteiger partial charge in [-0.3, -0.25) is 9.20 Å². The van der Waals surface area contributed by atoms with Gasteiger partial charge in [-0.05, 0) is 67.7 Å². The Hall–Kier alpha value is -4.19. The van der Waals surface area contributed by atoms with E-state index >= 15 is 0 Å². The fourth-order valence-corrected chi connectivity index (χ4v) is 4.67. The van der Waals surface area contributed by atoms with Gasteiger partial charge in [-0.1, -0.05) is 6.92 Å². The second-order valence-electron chi connectivity index (χ2n) is 9.15. The van der Waals surface area contributed by atoms with E-state index in [0.717, 1.165) is 37.2 Å². The Labute approximate surface area is 221 Å². The molecular formula is C27H26F4N6O2. The summed E-state index contributed by atoms with van der Waals surface area (Å²) in [6.07, 6.45) is 5.98. The summed E-state index contributed by atoms with van der Waals surface area (Å²) in [6.45, 7) is 1.16. The van der Waals surface area contributed by atoms with Gasteiger partial charge >= 0.3 is 6.61 Å². The molecule has 0 radical (unpaired) electrons. The number of fused-ring (bicyclic) bond motifs is 1. The van der Waals surface area contributed by atoms with E-state index in [-0.39, 0.29) is 17.2 Å². The maximum atomic E-state index is 14.8. The van der Waals surface area contributed by atoms with Crippen LogP contribution in [0.3, 0.4) is 0 Å². The van der Waals surface area contributed by atoms with Crippen molar-refractivity contribution in [2.45, 2.75) is 26.4 Å². The Kier molecular flexibility index (Phi) is 7.64. The van der Waals surface area contributed by atoms with Gasteiger partial charge in [-0.25, -0.2) is 14.4 Å². The highest BCUT2D eigenvalue weighted by molar-refractivity contribution is 5.96. The maximum absolute atomic E-state index is 14.8. The van der Waals surface area contributed by atoms with Crippen LogP contribution in [0.4, 0.5) is 29.1 Å². The van der Waals surface area contributed by atoms with E-state index < -0.39 is 24.0 Å². The maximum Gasteiger partial charge on any atom is 0.387 e. The second kappa shape index (κ2) is 11.3. The zero-order valence-electron chi connectivity index (χ0n) is 21.0. The monoisotopic (exact) mass is 542 g/mol. The first-order chi connectivity index (χ1) is 18.9. The molecule has 1 fully saturated rings. The number of rotatable bonds is 9. The number of alkyl halides is 2. The third kappa shape index (κ3) is 5.51. The molecule has 1 amide bonds. The number of hydrogen-bond acceptors (Lipinski definition) is 6. The lowest BCUT2D eigenvalue weighted by atomic mass is 10.0. The number of carbonyl (C=O) groups is 1. The summed E-state index contributed by atoms with van der Waals surface area (Å²) in [7, 11) is 0. The Morgan fingerprint density at radius 3 is 2.79 bits per heavy atom. The van der Waals surface area contributed by atoms with E-state index in [1.165, 1.54) is 23.0 Å². The van der Waals surface area contributed by atoms with E-state index in [4.69, 9.17) is 0 Å². The summed E-state index contributed by atoms with van der Waals surface area (Å²) in [5.41, 5.74) is 2.44. The number of hydrogen-bond donors (Lipinski definition) is 3. The number of nitrogens with one attached hydrogen (secondary N) is 3. The summed E-state index contributed by atoms with van der Waals surface area (Å²) < 4.78 is 59.6. The standard InChI is InChI=1S/C27H26F4N6O2/c1-2-16-11-17(3-4-18(16)26(38)35-13-15-7-8-32-12-15)36-24-25-34-14-20(37(25)10-9-33-24)19-5-6-21(39-27(30)31)23(29)22(19)28/h3-6,9-11,14-15,27,32H,2,7-8,12-13H2,1H3,(H,33,36)(H,35,38). The van der Waals surface area contributed by atoms with Crippen LogP contribution < -0.4 is 20.7 Å². The molecule has 1 aliphatic heterocycles. The van der Waals surface area contributed by atoms with Crippen molar-refractivity contribution in [2.75, 3.05) is 25.0 Å². The lowest BCUT2D eigenvalue weighted by molar-refractivity contribution is -0.0525. The molecule has 0 spiro atoms. The van der Waals surface area contributed by atoms with Crippen LogP contribution in [0.1, 0.15) is 29.3 Å². The van der Waals surface area contributed by atoms with Crippen LogP contribution >= 0.6 is 0 Å². The van der Waals surface area contributed by atoms with Crippen LogP contribution in [-0.2, 0) is 6.42 Å². The van der Waals surface area contributed by atoms with E-state index in [1.54, 1.807) is 12.1 Å². The molecule has 3 N–H and O–H groups in total. The molecule has 8 nitrogen and oxygen atoms in total. The van der Waals surface area contributed by atoms with Gasteiger partial charge in [-0.2, -0.15) is 13.2 Å². The topological polar surface area (TPSA) is 92.6 Å². The number of benzene rings is 2. The fourth-order valence-electron chi connectivity index (χ4n) is 4.67. The molecule has 5 rings (SSSR count). The summed E-state index contributed by atoms with van der Waals surface area (Å²) in [4.78, 5) is 21.5. The molecule has 2 aromatic heterocycles. The highest BCUT2D eigenvalue weighted by Gasteiger charge is 2.21. The van der Waals surface area contributed by atoms with Crippen LogP contribution in [-0.4, -0.2) is 46.5 Å². The van der Waals surface area contributed by atoms with Crippen LogP contribution in [0.2, 0.25) is 0 Å². The smallest absolute Gasteiger partial charge is 0.387 e. The molecule has 0 saturated carbocycles. The number of halogens is 4. The summed E-state index contributed by atoms with van der Waals surface area (Å²) in [6, 6.07) is 7.46. The molecule has 0 bridgehead atoms. The van der Waals surface area contributed by atoms with Crippen LogP contribution in [0.5, 0.6) is 5.75 Å².